The normalized spacial score (nSPS) is 11.5. The number of hydrogen-bond donors (Lipinski definition) is 0. The standard InChI is InChI=1S/C22H17NO5S/c1-15(21(24)16-8-4-2-5-9-16)28-22(25)17-12-13-20(19(14-17)23(26)27)29-18-10-6-3-7-11-18/h2-15H,1H3. The molecule has 0 heterocycles. The van der Waals surface area contributed by atoms with E-state index in [9.17, 15) is 19.7 Å². The molecular weight excluding hydrogens is 390 g/mol. The Kier molecular flexibility index (Phi) is 6.41. The minimum absolute atomic E-state index is 0.0156. The lowest BCUT2D eigenvalue weighted by molar-refractivity contribution is -0.387. The van der Waals surface area contributed by atoms with Gasteiger partial charge in [0.1, 0.15) is 0 Å². The monoisotopic (exact) mass is 407 g/mol. The lowest BCUT2D eigenvalue weighted by Crippen LogP contribution is -2.24. The molecule has 29 heavy (non-hydrogen) atoms. The number of esters is 1. The van der Waals surface area contributed by atoms with Gasteiger partial charge in [0.2, 0.25) is 5.78 Å². The molecule has 0 aromatic heterocycles. The third-order valence-corrected chi connectivity index (χ3v) is 5.15. The molecule has 6 nitrogen and oxygen atoms in total. The molecule has 0 bridgehead atoms. The van der Waals surface area contributed by atoms with Crippen molar-refractivity contribution >= 4 is 29.2 Å². The molecular formula is C22H17NO5S. The molecule has 0 amide bonds. The second-order valence-corrected chi connectivity index (χ2v) is 7.25. The van der Waals surface area contributed by atoms with Crippen LogP contribution in [0.5, 0.6) is 0 Å². The summed E-state index contributed by atoms with van der Waals surface area (Å²) >= 11 is 1.23. The highest BCUT2D eigenvalue weighted by molar-refractivity contribution is 7.99. The number of Topliss-reactive ketones (excluding diaryl/α,β-unsaturated/α-hetero) is 1. The first kappa shape index (κ1) is 20.3. The van der Waals surface area contributed by atoms with Gasteiger partial charge in [-0.3, -0.25) is 14.9 Å². The van der Waals surface area contributed by atoms with Crippen molar-refractivity contribution in [3.63, 3.8) is 0 Å². The minimum Gasteiger partial charge on any atom is -0.451 e. The van der Waals surface area contributed by atoms with E-state index in [-0.39, 0.29) is 17.0 Å². The number of benzene rings is 3. The zero-order valence-corrected chi connectivity index (χ0v) is 16.3. The summed E-state index contributed by atoms with van der Waals surface area (Å²) in [6, 6.07) is 21.8. The number of rotatable bonds is 7. The SMILES string of the molecule is CC(OC(=O)c1ccc(Sc2ccccc2)c([N+](=O)[O-])c1)C(=O)c1ccccc1. The number of ether oxygens (including phenoxy) is 1. The summed E-state index contributed by atoms with van der Waals surface area (Å²) in [6.07, 6.45) is -1.01. The summed E-state index contributed by atoms with van der Waals surface area (Å²) in [7, 11) is 0. The molecule has 3 rings (SSSR count). The van der Waals surface area contributed by atoms with E-state index in [4.69, 9.17) is 4.74 Å². The summed E-state index contributed by atoms with van der Waals surface area (Å²) in [5.74, 6) is -1.13. The van der Waals surface area contributed by atoms with Crippen molar-refractivity contribution in [2.24, 2.45) is 0 Å². The average molecular weight is 407 g/mol. The summed E-state index contributed by atoms with van der Waals surface area (Å²) < 4.78 is 5.23. The van der Waals surface area contributed by atoms with Gasteiger partial charge in [-0.15, -0.1) is 0 Å². The van der Waals surface area contributed by atoms with Crippen LogP contribution in [-0.2, 0) is 4.74 Å². The van der Waals surface area contributed by atoms with Gasteiger partial charge in [0.05, 0.1) is 15.4 Å². The van der Waals surface area contributed by atoms with E-state index in [1.165, 1.54) is 36.9 Å². The van der Waals surface area contributed by atoms with Crippen molar-refractivity contribution in [1.82, 2.24) is 0 Å². The molecule has 0 spiro atoms. The second kappa shape index (κ2) is 9.16. The van der Waals surface area contributed by atoms with E-state index in [1.807, 2.05) is 30.3 Å². The number of carbonyl (C=O) groups excluding carboxylic acids is 2. The van der Waals surface area contributed by atoms with Crippen LogP contribution in [0.3, 0.4) is 0 Å². The van der Waals surface area contributed by atoms with Crippen molar-refractivity contribution in [2.75, 3.05) is 0 Å². The van der Waals surface area contributed by atoms with Crippen LogP contribution in [0.2, 0.25) is 0 Å². The highest BCUT2D eigenvalue weighted by atomic mass is 32.2. The molecule has 3 aromatic rings. The van der Waals surface area contributed by atoms with Crippen molar-refractivity contribution in [3.8, 4) is 0 Å². The quantitative estimate of drug-likeness (QED) is 0.232. The highest BCUT2D eigenvalue weighted by Crippen LogP contribution is 2.35. The molecule has 7 heteroatoms. The Morgan fingerprint density at radius 3 is 2.17 bits per heavy atom. The topological polar surface area (TPSA) is 86.5 Å². The predicted octanol–water partition coefficient (Wildman–Crippen LogP) is 5.17. The van der Waals surface area contributed by atoms with Crippen LogP contribution in [0.25, 0.3) is 0 Å². The summed E-state index contributed by atoms with van der Waals surface area (Å²) in [4.78, 5) is 37.0. The molecule has 0 fully saturated rings. The number of nitro benzene ring substituents is 1. The van der Waals surface area contributed by atoms with Gasteiger partial charge in [-0.25, -0.2) is 4.79 Å². The molecule has 1 unspecified atom stereocenters. The van der Waals surface area contributed by atoms with Gasteiger partial charge in [-0.1, -0.05) is 60.3 Å². The average Bonchev–Trinajstić information content (AvgIpc) is 2.74. The third-order valence-electron chi connectivity index (χ3n) is 4.07. The number of nitrogens with zero attached hydrogens (tertiary/aromatic N) is 1. The van der Waals surface area contributed by atoms with E-state index in [2.05, 4.69) is 0 Å². The maximum absolute atomic E-state index is 12.4. The minimum atomic E-state index is -1.01. The van der Waals surface area contributed by atoms with E-state index in [0.717, 1.165) is 4.90 Å². The van der Waals surface area contributed by atoms with E-state index < -0.39 is 17.0 Å². The molecule has 3 aromatic carbocycles. The van der Waals surface area contributed by atoms with E-state index >= 15 is 0 Å². The molecule has 146 valence electrons. The molecule has 0 saturated carbocycles. The summed E-state index contributed by atoms with van der Waals surface area (Å²) in [6.45, 7) is 1.47. The van der Waals surface area contributed by atoms with Crippen LogP contribution in [0.15, 0.2) is 88.7 Å². The van der Waals surface area contributed by atoms with Crippen LogP contribution in [0, 0.1) is 10.1 Å². The van der Waals surface area contributed by atoms with Crippen LogP contribution in [-0.4, -0.2) is 22.8 Å². The molecule has 1 atom stereocenters. The molecule has 0 aliphatic rings. The smallest absolute Gasteiger partial charge is 0.339 e. The van der Waals surface area contributed by atoms with Crippen molar-refractivity contribution < 1.29 is 19.2 Å². The van der Waals surface area contributed by atoms with Gasteiger partial charge in [0, 0.05) is 16.5 Å². The van der Waals surface area contributed by atoms with Gasteiger partial charge >= 0.3 is 5.97 Å². The first-order valence-electron chi connectivity index (χ1n) is 8.77. The Morgan fingerprint density at radius 2 is 1.55 bits per heavy atom. The molecule has 0 radical (unpaired) electrons. The first-order chi connectivity index (χ1) is 14.0. The van der Waals surface area contributed by atoms with Gasteiger partial charge in [0.25, 0.3) is 5.69 Å². The van der Waals surface area contributed by atoms with Crippen LogP contribution < -0.4 is 0 Å². The zero-order chi connectivity index (χ0) is 20.8. The number of carbonyl (C=O) groups is 2. The number of nitro groups is 1. The summed E-state index contributed by atoms with van der Waals surface area (Å²) in [5, 5.41) is 11.5. The Morgan fingerprint density at radius 1 is 0.931 bits per heavy atom. The van der Waals surface area contributed by atoms with E-state index in [0.29, 0.717) is 10.5 Å². The summed E-state index contributed by atoms with van der Waals surface area (Å²) in [5.41, 5.74) is 0.241. The van der Waals surface area contributed by atoms with Crippen LogP contribution >= 0.6 is 11.8 Å². The zero-order valence-electron chi connectivity index (χ0n) is 15.5. The Balaban J connectivity index is 1.77. The maximum atomic E-state index is 12.4. The lowest BCUT2D eigenvalue weighted by atomic mass is 10.1. The Bertz CT molecular complexity index is 1040. The van der Waals surface area contributed by atoms with Gasteiger partial charge in [-0.2, -0.15) is 0 Å². The van der Waals surface area contributed by atoms with Crippen LogP contribution in [0.4, 0.5) is 5.69 Å². The second-order valence-electron chi connectivity index (χ2n) is 6.13. The van der Waals surface area contributed by atoms with Gasteiger partial charge in [0.15, 0.2) is 6.10 Å². The Labute approximate surface area is 171 Å². The fourth-order valence-electron chi connectivity index (χ4n) is 2.61. The molecule has 0 saturated heterocycles. The van der Waals surface area contributed by atoms with Crippen LogP contribution in [0.1, 0.15) is 27.6 Å². The van der Waals surface area contributed by atoms with Crippen molar-refractivity contribution in [3.05, 3.63) is 100 Å². The third kappa shape index (κ3) is 5.08. The number of ketones is 1. The van der Waals surface area contributed by atoms with Crippen molar-refractivity contribution in [2.45, 2.75) is 22.8 Å². The predicted molar refractivity (Wildman–Crippen MR) is 109 cm³/mol. The number of hydrogen-bond acceptors (Lipinski definition) is 6. The van der Waals surface area contributed by atoms with Gasteiger partial charge in [-0.05, 0) is 31.2 Å². The first-order valence-corrected chi connectivity index (χ1v) is 9.59. The lowest BCUT2D eigenvalue weighted by Gasteiger charge is -2.12. The fourth-order valence-corrected chi connectivity index (χ4v) is 3.53. The van der Waals surface area contributed by atoms with Gasteiger partial charge < -0.3 is 4.74 Å². The largest absolute Gasteiger partial charge is 0.451 e. The Hall–Kier alpha value is -3.45. The van der Waals surface area contributed by atoms with Crippen molar-refractivity contribution in [1.29, 1.82) is 0 Å². The molecule has 0 N–H and O–H groups in total. The fraction of sp³-hybridized carbons (Fsp3) is 0.0909. The molecule has 0 aliphatic heterocycles. The maximum Gasteiger partial charge on any atom is 0.339 e. The molecule has 0 aliphatic carbocycles. The van der Waals surface area contributed by atoms with E-state index in [1.54, 1.807) is 30.3 Å². The highest BCUT2D eigenvalue weighted by Gasteiger charge is 2.23.